The number of carbonyl (C=O) groups excluding carboxylic acids is 1. The van der Waals surface area contributed by atoms with Crippen LogP contribution in [0.3, 0.4) is 0 Å². The zero-order valence-electron chi connectivity index (χ0n) is 11.5. The van der Waals surface area contributed by atoms with Gasteiger partial charge in [-0.1, -0.05) is 0 Å². The Morgan fingerprint density at radius 1 is 1.42 bits per heavy atom. The van der Waals surface area contributed by atoms with E-state index in [4.69, 9.17) is 5.73 Å². The minimum atomic E-state index is 0.0390. The summed E-state index contributed by atoms with van der Waals surface area (Å²) in [6.45, 7) is 5.00. The summed E-state index contributed by atoms with van der Waals surface area (Å²) in [5, 5.41) is 5.94. The predicted octanol–water partition coefficient (Wildman–Crippen LogP) is 1.18. The van der Waals surface area contributed by atoms with Crippen LogP contribution in [0.25, 0.3) is 0 Å². The van der Waals surface area contributed by atoms with Gasteiger partial charge in [-0.05, 0) is 26.7 Å². The molecule has 0 aliphatic heterocycles. The van der Waals surface area contributed by atoms with Crippen molar-refractivity contribution in [1.29, 1.82) is 0 Å². The largest absolute Gasteiger partial charge is 0.383 e. The molecule has 2 rings (SSSR count). The highest BCUT2D eigenvalue weighted by molar-refractivity contribution is 5.76. The first-order valence-electron chi connectivity index (χ1n) is 6.76. The molecule has 0 bridgehead atoms. The van der Waals surface area contributed by atoms with Crippen LogP contribution in [-0.2, 0) is 4.79 Å². The fourth-order valence-electron chi connectivity index (χ4n) is 1.83. The van der Waals surface area contributed by atoms with Crippen LogP contribution in [0.2, 0.25) is 0 Å². The summed E-state index contributed by atoms with van der Waals surface area (Å²) in [7, 11) is 0. The van der Waals surface area contributed by atoms with E-state index in [2.05, 4.69) is 20.6 Å². The number of rotatable bonds is 6. The van der Waals surface area contributed by atoms with E-state index in [1.165, 1.54) is 0 Å². The minimum absolute atomic E-state index is 0.0390. The number of aromatic nitrogens is 2. The Balaban J connectivity index is 1.97. The molecule has 0 spiro atoms. The molecule has 104 valence electrons. The Kier molecular flexibility index (Phi) is 4.19. The van der Waals surface area contributed by atoms with E-state index in [0.717, 1.165) is 30.0 Å². The third-order valence-electron chi connectivity index (χ3n) is 3.16. The van der Waals surface area contributed by atoms with Crippen LogP contribution in [0.4, 0.5) is 11.6 Å². The SMILES string of the molecule is CCNC(=O)CCNc1nc(C2CC2)nc(N)c1C. The van der Waals surface area contributed by atoms with Gasteiger partial charge in [-0.15, -0.1) is 0 Å². The van der Waals surface area contributed by atoms with Gasteiger partial charge in [-0.25, -0.2) is 9.97 Å². The maximum Gasteiger partial charge on any atom is 0.221 e. The van der Waals surface area contributed by atoms with Crippen molar-refractivity contribution < 1.29 is 4.79 Å². The van der Waals surface area contributed by atoms with Crippen molar-refractivity contribution in [2.45, 2.75) is 39.0 Å². The summed E-state index contributed by atoms with van der Waals surface area (Å²) < 4.78 is 0. The molecule has 4 N–H and O–H groups in total. The van der Waals surface area contributed by atoms with Gasteiger partial charge in [0.25, 0.3) is 0 Å². The Morgan fingerprint density at radius 3 is 2.79 bits per heavy atom. The number of nitrogen functional groups attached to an aromatic ring is 1. The zero-order valence-corrected chi connectivity index (χ0v) is 11.5. The Labute approximate surface area is 113 Å². The number of nitrogens with two attached hydrogens (primary N) is 1. The zero-order chi connectivity index (χ0) is 13.8. The smallest absolute Gasteiger partial charge is 0.221 e. The highest BCUT2D eigenvalue weighted by Gasteiger charge is 2.27. The highest BCUT2D eigenvalue weighted by atomic mass is 16.1. The van der Waals surface area contributed by atoms with Gasteiger partial charge in [0, 0.05) is 31.0 Å². The quantitative estimate of drug-likeness (QED) is 0.716. The highest BCUT2D eigenvalue weighted by Crippen LogP contribution is 2.39. The number of hydrogen-bond acceptors (Lipinski definition) is 5. The third kappa shape index (κ3) is 3.56. The van der Waals surface area contributed by atoms with Crippen molar-refractivity contribution in [2.75, 3.05) is 24.1 Å². The van der Waals surface area contributed by atoms with E-state index in [1.807, 2.05) is 13.8 Å². The molecule has 1 fully saturated rings. The van der Waals surface area contributed by atoms with Crippen LogP contribution in [-0.4, -0.2) is 29.0 Å². The van der Waals surface area contributed by atoms with Crippen molar-refractivity contribution in [2.24, 2.45) is 0 Å². The molecule has 1 aliphatic carbocycles. The molecule has 0 radical (unpaired) electrons. The number of nitrogens with one attached hydrogen (secondary N) is 2. The molecule has 0 saturated heterocycles. The second kappa shape index (κ2) is 5.86. The molecule has 1 aromatic rings. The predicted molar refractivity (Wildman–Crippen MR) is 74.9 cm³/mol. The molecule has 1 aliphatic rings. The van der Waals surface area contributed by atoms with Gasteiger partial charge >= 0.3 is 0 Å². The van der Waals surface area contributed by atoms with E-state index in [9.17, 15) is 4.79 Å². The van der Waals surface area contributed by atoms with Gasteiger partial charge in [0.15, 0.2) is 0 Å². The molecule has 1 amide bonds. The van der Waals surface area contributed by atoms with Crippen LogP contribution in [0.15, 0.2) is 0 Å². The average molecular weight is 263 g/mol. The minimum Gasteiger partial charge on any atom is -0.383 e. The molecule has 1 heterocycles. The van der Waals surface area contributed by atoms with E-state index in [0.29, 0.717) is 31.2 Å². The summed E-state index contributed by atoms with van der Waals surface area (Å²) in [5.41, 5.74) is 6.74. The monoisotopic (exact) mass is 263 g/mol. The van der Waals surface area contributed by atoms with Gasteiger partial charge < -0.3 is 16.4 Å². The lowest BCUT2D eigenvalue weighted by atomic mass is 10.2. The number of hydrogen-bond donors (Lipinski definition) is 3. The summed E-state index contributed by atoms with van der Waals surface area (Å²) in [5.74, 6) is 2.60. The third-order valence-corrected chi connectivity index (χ3v) is 3.16. The van der Waals surface area contributed by atoms with Crippen molar-refractivity contribution in [1.82, 2.24) is 15.3 Å². The van der Waals surface area contributed by atoms with Crippen molar-refractivity contribution in [3.05, 3.63) is 11.4 Å². The second-order valence-electron chi connectivity index (χ2n) is 4.85. The molecule has 0 aromatic carbocycles. The molecule has 0 atom stereocenters. The molecular formula is C13H21N5O. The summed E-state index contributed by atoms with van der Waals surface area (Å²) in [6, 6.07) is 0. The fraction of sp³-hybridized carbons (Fsp3) is 0.615. The lowest BCUT2D eigenvalue weighted by molar-refractivity contribution is -0.120. The first-order valence-corrected chi connectivity index (χ1v) is 6.76. The second-order valence-corrected chi connectivity index (χ2v) is 4.85. The molecule has 1 saturated carbocycles. The van der Waals surface area contributed by atoms with Gasteiger partial charge in [0.05, 0.1) is 0 Å². The van der Waals surface area contributed by atoms with Crippen LogP contribution in [0, 0.1) is 6.92 Å². The van der Waals surface area contributed by atoms with E-state index in [-0.39, 0.29) is 5.91 Å². The van der Waals surface area contributed by atoms with Gasteiger partial charge in [0.1, 0.15) is 17.5 Å². The number of amides is 1. The molecule has 1 aromatic heterocycles. The van der Waals surface area contributed by atoms with Crippen LogP contribution < -0.4 is 16.4 Å². The van der Waals surface area contributed by atoms with Gasteiger partial charge in [-0.2, -0.15) is 0 Å². The molecular weight excluding hydrogens is 242 g/mol. The van der Waals surface area contributed by atoms with Gasteiger partial charge in [0.2, 0.25) is 5.91 Å². The first-order chi connectivity index (χ1) is 9.11. The maximum atomic E-state index is 11.4. The first kappa shape index (κ1) is 13.6. The van der Waals surface area contributed by atoms with Crippen molar-refractivity contribution in [3.63, 3.8) is 0 Å². The standard InChI is InChI=1S/C13H21N5O/c1-3-15-10(19)6-7-16-12-8(2)11(14)17-13(18-12)9-4-5-9/h9H,3-7H2,1-2H3,(H,15,19)(H3,14,16,17,18). The molecule has 6 nitrogen and oxygen atoms in total. The molecule has 6 heteroatoms. The average Bonchev–Trinajstić information content (AvgIpc) is 3.18. The lowest BCUT2D eigenvalue weighted by Crippen LogP contribution is -2.25. The van der Waals surface area contributed by atoms with Crippen LogP contribution in [0.1, 0.15) is 43.5 Å². The summed E-state index contributed by atoms with van der Waals surface area (Å²) >= 11 is 0. The Bertz CT molecular complexity index is 470. The molecule has 19 heavy (non-hydrogen) atoms. The normalized spacial score (nSPS) is 14.2. The lowest BCUT2D eigenvalue weighted by Gasteiger charge is -2.11. The van der Waals surface area contributed by atoms with E-state index in [1.54, 1.807) is 0 Å². The number of nitrogens with zero attached hydrogens (tertiary/aromatic N) is 2. The summed E-state index contributed by atoms with van der Waals surface area (Å²) in [6.07, 6.45) is 2.71. The Hall–Kier alpha value is -1.85. The van der Waals surface area contributed by atoms with E-state index >= 15 is 0 Å². The Morgan fingerprint density at radius 2 is 2.16 bits per heavy atom. The fourth-order valence-corrected chi connectivity index (χ4v) is 1.83. The van der Waals surface area contributed by atoms with Crippen molar-refractivity contribution in [3.8, 4) is 0 Å². The topological polar surface area (TPSA) is 92.9 Å². The van der Waals surface area contributed by atoms with Crippen LogP contribution in [0.5, 0.6) is 0 Å². The van der Waals surface area contributed by atoms with Crippen molar-refractivity contribution >= 4 is 17.5 Å². The van der Waals surface area contributed by atoms with Gasteiger partial charge in [-0.3, -0.25) is 4.79 Å². The van der Waals surface area contributed by atoms with Crippen LogP contribution >= 0.6 is 0 Å². The summed E-state index contributed by atoms with van der Waals surface area (Å²) in [4.78, 5) is 20.2. The van der Waals surface area contributed by atoms with E-state index < -0.39 is 0 Å². The number of anilines is 2. The number of carbonyl (C=O) groups is 1. The maximum absolute atomic E-state index is 11.4. The molecule has 0 unspecified atom stereocenters.